The number of aryl methyl sites for hydroxylation is 1. The molecule has 150 valence electrons. The Morgan fingerprint density at radius 1 is 1.17 bits per heavy atom. The maximum absolute atomic E-state index is 5.43. The van der Waals surface area contributed by atoms with Gasteiger partial charge in [0.15, 0.2) is 5.01 Å². The standard InChI is InChI=1S/C21H18N6O2S/c1-13-11-30-21(23-13)7-5-15-18-9-19-16(10-28-2)24-25-27(19)20-8-14(29-3)4-6-17(20)26(18)12-22-15/h4,6,8,11-12H,9-10H2,1-3H3. The van der Waals surface area contributed by atoms with E-state index < -0.39 is 0 Å². The predicted molar refractivity (Wildman–Crippen MR) is 111 cm³/mol. The summed E-state index contributed by atoms with van der Waals surface area (Å²) in [6, 6.07) is 5.86. The van der Waals surface area contributed by atoms with E-state index in [1.165, 1.54) is 11.3 Å². The van der Waals surface area contributed by atoms with Crippen molar-refractivity contribution in [2.45, 2.75) is 20.0 Å². The molecule has 5 rings (SSSR count). The van der Waals surface area contributed by atoms with Crippen LogP contribution in [0.2, 0.25) is 0 Å². The maximum Gasteiger partial charge on any atom is 0.167 e. The zero-order valence-electron chi connectivity index (χ0n) is 16.7. The molecule has 0 amide bonds. The van der Waals surface area contributed by atoms with E-state index in [2.05, 4.69) is 36.7 Å². The van der Waals surface area contributed by atoms with Crippen molar-refractivity contribution in [1.82, 2.24) is 29.5 Å². The lowest BCUT2D eigenvalue weighted by molar-refractivity contribution is 0.180. The van der Waals surface area contributed by atoms with E-state index in [0.29, 0.717) is 18.7 Å². The Bertz CT molecular complexity index is 1310. The van der Waals surface area contributed by atoms with E-state index in [0.717, 1.165) is 44.9 Å². The third-order valence-electron chi connectivity index (χ3n) is 4.90. The van der Waals surface area contributed by atoms with Crippen molar-refractivity contribution in [3.63, 3.8) is 0 Å². The normalized spacial score (nSPS) is 11.7. The van der Waals surface area contributed by atoms with E-state index in [9.17, 15) is 0 Å². The highest BCUT2D eigenvalue weighted by Crippen LogP contribution is 2.32. The molecule has 0 atom stereocenters. The van der Waals surface area contributed by atoms with Crippen LogP contribution in [0.3, 0.4) is 0 Å². The van der Waals surface area contributed by atoms with Crippen LogP contribution in [0.1, 0.15) is 33.5 Å². The van der Waals surface area contributed by atoms with Crippen LogP contribution < -0.4 is 4.74 Å². The van der Waals surface area contributed by atoms with Crippen molar-refractivity contribution in [2.24, 2.45) is 0 Å². The molecular formula is C21H18N6O2S. The van der Waals surface area contributed by atoms with Gasteiger partial charge in [0.05, 0.1) is 36.5 Å². The number of fused-ring (bicyclic) bond motifs is 5. The Morgan fingerprint density at radius 3 is 2.83 bits per heavy atom. The third kappa shape index (κ3) is 3.07. The molecule has 0 bridgehead atoms. The number of hydrogen-bond acceptors (Lipinski definition) is 7. The van der Waals surface area contributed by atoms with Crippen LogP contribution in [-0.2, 0) is 17.8 Å². The van der Waals surface area contributed by atoms with Gasteiger partial charge >= 0.3 is 0 Å². The number of hydrogen-bond donors (Lipinski definition) is 0. The Labute approximate surface area is 177 Å². The van der Waals surface area contributed by atoms with Crippen LogP contribution in [0, 0.1) is 18.8 Å². The zero-order chi connectivity index (χ0) is 20.7. The fourth-order valence-corrected chi connectivity index (χ4v) is 4.13. The summed E-state index contributed by atoms with van der Waals surface area (Å²) in [5.74, 6) is 7.08. The molecule has 1 aliphatic rings. The van der Waals surface area contributed by atoms with Crippen LogP contribution >= 0.6 is 11.3 Å². The lowest BCUT2D eigenvalue weighted by Gasteiger charge is -2.11. The van der Waals surface area contributed by atoms with Gasteiger partial charge < -0.3 is 9.47 Å². The van der Waals surface area contributed by atoms with E-state index in [1.807, 2.05) is 35.2 Å². The molecule has 0 N–H and O–H groups in total. The molecule has 4 heterocycles. The van der Waals surface area contributed by atoms with Crippen LogP contribution in [-0.4, -0.2) is 43.7 Å². The van der Waals surface area contributed by atoms with Crippen molar-refractivity contribution in [3.05, 3.63) is 63.4 Å². The minimum atomic E-state index is 0.377. The fraction of sp³-hybridized carbons (Fsp3) is 0.238. The van der Waals surface area contributed by atoms with Crippen LogP contribution in [0.5, 0.6) is 5.75 Å². The Hall–Kier alpha value is -3.48. The number of thiazole rings is 1. The maximum atomic E-state index is 5.43. The molecule has 0 aliphatic carbocycles. The van der Waals surface area contributed by atoms with Gasteiger partial charge in [-0.3, -0.25) is 4.57 Å². The topological polar surface area (TPSA) is 79.9 Å². The first-order valence-corrected chi connectivity index (χ1v) is 10.2. The van der Waals surface area contributed by atoms with E-state index in [4.69, 9.17) is 9.47 Å². The lowest BCUT2D eigenvalue weighted by Crippen LogP contribution is -2.04. The first-order chi connectivity index (χ1) is 14.7. The highest BCUT2D eigenvalue weighted by atomic mass is 32.1. The van der Waals surface area contributed by atoms with E-state index in [-0.39, 0.29) is 0 Å². The smallest absolute Gasteiger partial charge is 0.167 e. The monoisotopic (exact) mass is 418 g/mol. The van der Waals surface area contributed by atoms with Gasteiger partial charge in [-0.15, -0.1) is 16.4 Å². The number of nitrogens with zero attached hydrogens (tertiary/aromatic N) is 6. The van der Waals surface area contributed by atoms with Gasteiger partial charge in [0, 0.05) is 30.7 Å². The minimum Gasteiger partial charge on any atom is -0.497 e. The first kappa shape index (κ1) is 18.5. The number of benzene rings is 1. The quantitative estimate of drug-likeness (QED) is 0.419. The summed E-state index contributed by atoms with van der Waals surface area (Å²) >= 11 is 1.53. The highest BCUT2D eigenvalue weighted by Gasteiger charge is 2.26. The lowest BCUT2D eigenvalue weighted by atomic mass is 10.1. The molecule has 0 saturated carbocycles. The van der Waals surface area contributed by atoms with Crippen molar-refractivity contribution < 1.29 is 9.47 Å². The average Bonchev–Trinajstić information content (AvgIpc) is 3.44. The molecule has 0 radical (unpaired) electrons. The summed E-state index contributed by atoms with van der Waals surface area (Å²) in [5.41, 5.74) is 6.18. The Balaban J connectivity index is 1.69. The molecule has 0 saturated heterocycles. The van der Waals surface area contributed by atoms with E-state index in [1.54, 1.807) is 20.5 Å². The Morgan fingerprint density at radius 2 is 2.07 bits per heavy atom. The van der Waals surface area contributed by atoms with E-state index >= 15 is 0 Å². The predicted octanol–water partition coefficient (Wildman–Crippen LogP) is 2.68. The molecule has 0 unspecified atom stereocenters. The summed E-state index contributed by atoms with van der Waals surface area (Å²) in [6.45, 7) is 2.34. The number of imidazole rings is 1. The van der Waals surface area contributed by atoms with Crippen molar-refractivity contribution in [3.8, 4) is 29.0 Å². The molecule has 1 aliphatic heterocycles. The molecule has 1 aromatic carbocycles. The summed E-state index contributed by atoms with van der Waals surface area (Å²) in [5, 5.41) is 11.5. The van der Waals surface area contributed by atoms with Crippen molar-refractivity contribution >= 4 is 11.3 Å². The molecule has 9 heteroatoms. The summed E-state index contributed by atoms with van der Waals surface area (Å²) < 4.78 is 14.7. The zero-order valence-corrected chi connectivity index (χ0v) is 17.5. The number of aromatic nitrogens is 6. The van der Waals surface area contributed by atoms with Gasteiger partial charge in [-0.25, -0.2) is 14.6 Å². The molecule has 3 aromatic heterocycles. The second-order valence-corrected chi connectivity index (χ2v) is 7.67. The summed E-state index contributed by atoms with van der Waals surface area (Å²) in [7, 11) is 3.30. The number of rotatable bonds is 3. The number of methoxy groups -OCH3 is 2. The van der Waals surface area contributed by atoms with Crippen LogP contribution in [0.15, 0.2) is 29.9 Å². The van der Waals surface area contributed by atoms with Gasteiger partial charge in [-0.1, -0.05) is 5.21 Å². The molecule has 0 spiro atoms. The molecule has 8 nitrogen and oxygen atoms in total. The van der Waals surface area contributed by atoms with Crippen molar-refractivity contribution in [2.75, 3.05) is 14.2 Å². The Kier molecular flexibility index (Phi) is 4.58. The van der Waals surface area contributed by atoms with Crippen LogP contribution in [0.4, 0.5) is 0 Å². The molecule has 0 fully saturated rings. The highest BCUT2D eigenvalue weighted by molar-refractivity contribution is 7.10. The van der Waals surface area contributed by atoms with Gasteiger partial charge in [0.25, 0.3) is 0 Å². The van der Waals surface area contributed by atoms with Gasteiger partial charge in [-0.2, -0.15) is 0 Å². The summed E-state index contributed by atoms with van der Waals surface area (Å²) in [6.07, 6.45) is 2.37. The van der Waals surface area contributed by atoms with Gasteiger partial charge in [0.1, 0.15) is 23.5 Å². The first-order valence-electron chi connectivity index (χ1n) is 9.29. The van der Waals surface area contributed by atoms with Gasteiger partial charge in [0.2, 0.25) is 0 Å². The summed E-state index contributed by atoms with van der Waals surface area (Å²) in [4.78, 5) is 9.01. The fourth-order valence-electron chi connectivity index (χ4n) is 3.49. The third-order valence-corrected chi connectivity index (χ3v) is 5.78. The van der Waals surface area contributed by atoms with Crippen LogP contribution in [0.25, 0.3) is 11.4 Å². The number of ether oxygens (including phenoxy) is 2. The van der Waals surface area contributed by atoms with Gasteiger partial charge in [-0.05, 0) is 30.9 Å². The molecular weight excluding hydrogens is 400 g/mol. The SMILES string of the molecule is COCc1nnn2c1Cc1c(C#Cc3nc(C)cs3)ncn1-c1ccc(OC)cc1-2. The second kappa shape index (κ2) is 7.40. The largest absolute Gasteiger partial charge is 0.497 e. The van der Waals surface area contributed by atoms with Crippen molar-refractivity contribution in [1.29, 1.82) is 0 Å². The second-order valence-electron chi connectivity index (χ2n) is 6.81. The minimum absolute atomic E-state index is 0.377. The molecule has 4 aromatic rings. The average molecular weight is 418 g/mol. The molecule has 30 heavy (non-hydrogen) atoms.